The minimum absolute atomic E-state index is 0.481. The molecule has 2 atom stereocenters. The van der Waals surface area contributed by atoms with Gasteiger partial charge in [-0.05, 0) is 41.5 Å². The van der Waals surface area contributed by atoms with Gasteiger partial charge in [0.25, 0.3) is 0 Å². The molecule has 2 aromatic carbocycles. The van der Waals surface area contributed by atoms with Crippen molar-refractivity contribution in [2.24, 2.45) is 11.3 Å². The van der Waals surface area contributed by atoms with Gasteiger partial charge in [-0.1, -0.05) is 68.4 Å². The fraction of sp³-hybridized carbons (Fsp3) is 0.368. The second-order valence-electron chi connectivity index (χ2n) is 6.55. The lowest BCUT2D eigenvalue weighted by Crippen LogP contribution is -2.20. The van der Waals surface area contributed by atoms with Crippen LogP contribution in [0.3, 0.4) is 0 Å². The maximum atomic E-state index is 3.50. The smallest absolute Gasteiger partial charge is 0.0351 e. The summed E-state index contributed by atoms with van der Waals surface area (Å²) < 4.78 is 0. The van der Waals surface area contributed by atoms with Gasteiger partial charge in [0, 0.05) is 6.04 Å². The van der Waals surface area contributed by atoms with E-state index in [-0.39, 0.29) is 0 Å². The Morgan fingerprint density at radius 3 is 2.00 bits per heavy atom. The molecular formula is C19H23N. The van der Waals surface area contributed by atoms with Crippen molar-refractivity contribution in [1.82, 2.24) is 5.32 Å². The molecule has 104 valence electrons. The van der Waals surface area contributed by atoms with Crippen LogP contribution >= 0.6 is 0 Å². The lowest BCUT2D eigenvalue weighted by molar-refractivity contribution is 0.441. The number of hydrogen-bond donors (Lipinski definition) is 1. The van der Waals surface area contributed by atoms with E-state index in [4.69, 9.17) is 0 Å². The fourth-order valence-electron chi connectivity index (χ4n) is 3.19. The second kappa shape index (κ2) is 5.06. The zero-order chi connectivity index (χ0) is 14.2. The van der Waals surface area contributed by atoms with Crippen LogP contribution < -0.4 is 5.32 Å². The van der Waals surface area contributed by atoms with Crippen LogP contribution in [-0.4, -0.2) is 7.05 Å². The van der Waals surface area contributed by atoms with Gasteiger partial charge in [-0.3, -0.25) is 0 Å². The van der Waals surface area contributed by atoms with Gasteiger partial charge in [0.15, 0.2) is 0 Å². The monoisotopic (exact) mass is 265 g/mol. The van der Waals surface area contributed by atoms with Crippen molar-refractivity contribution < 1.29 is 0 Å². The predicted molar refractivity (Wildman–Crippen MR) is 85.6 cm³/mol. The van der Waals surface area contributed by atoms with E-state index in [9.17, 15) is 0 Å². The molecule has 1 aliphatic rings. The van der Waals surface area contributed by atoms with Crippen molar-refractivity contribution in [1.29, 1.82) is 0 Å². The lowest BCUT2D eigenvalue weighted by Gasteiger charge is -2.19. The number of rotatable bonds is 4. The molecule has 1 N–H and O–H groups in total. The highest BCUT2D eigenvalue weighted by Gasteiger charge is 2.49. The molecule has 0 amide bonds. The Morgan fingerprint density at radius 1 is 0.950 bits per heavy atom. The van der Waals surface area contributed by atoms with Crippen molar-refractivity contribution in [3.8, 4) is 11.1 Å². The molecule has 0 aliphatic heterocycles. The average Bonchev–Trinajstić information content (AvgIpc) is 3.10. The van der Waals surface area contributed by atoms with E-state index >= 15 is 0 Å². The Hall–Kier alpha value is -1.60. The first-order valence-electron chi connectivity index (χ1n) is 7.44. The van der Waals surface area contributed by atoms with E-state index in [2.05, 4.69) is 80.8 Å². The SMILES string of the molecule is CNC(c1ccc(-c2ccccc2)cc1)C1CC1(C)C. The highest BCUT2D eigenvalue weighted by atomic mass is 14.9. The first-order valence-corrected chi connectivity index (χ1v) is 7.44. The molecule has 0 bridgehead atoms. The summed E-state index contributed by atoms with van der Waals surface area (Å²) in [6.45, 7) is 4.72. The van der Waals surface area contributed by atoms with Gasteiger partial charge in [-0.2, -0.15) is 0 Å². The lowest BCUT2D eigenvalue weighted by atomic mass is 9.95. The zero-order valence-electron chi connectivity index (χ0n) is 12.6. The summed E-state index contributed by atoms with van der Waals surface area (Å²) in [6, 6.07) is 20.1. The number of hydrogen-bond acceptors (Lipinski definition) is 1. The molecule has 1 heteroatoms. The molecule has 2 unspecified atom stereocenters. The van der Waals surface area contributed by atoms with Crippen molar-refractivity contribution in [2.45, 2.75) is 26.3 Å². The van der Waals surface area contributed by atoms with Gasteiger partial charge in [0.1, 0.15) is 0 Å². The third-order valence-electron chi connectivity index (χ3n) is 4.68. The summed E-state index contributed by atoms with van der Waals surface area (Å²) in [6.07, 6.45) is 1.32. The van der Waals surface area contributed by atoms with Gasteiger partial charge in [0.2, 0.25) is 0 Å². The molecule has 20 heavy (non-hydrogen) atoms. The predicted octanol–water partition coefficient (Wildman–Crippen LogP) is 4.66. The molecule has 2 aromatic rings. The number of benzene rings is 2. The first kappa shape index (κ1) is 13.4. The van der Waals surface area contributed by atoms with Crippen LogP contribution in [0.15, 0.2) is 54.6 Å². The van der Waals surface area contributed by atoms with Crippen LogP contribution in [0.1, 0.15) is 31.9 Å². The molecule has 0 radical (unpaired) electrons. The Bertz CT molecular complexity index is 568. The van der Waals surface area contributed by atoms with Crippen molar-refractivity contribution in [3.63, 3.8) is 0 Å². The van der Waals surface area contributed by atoms with Crippen molar-refractivity contribution in [3.05, 3.63) is 60.2 Å². The Morgan fingerprint density at radius 2 is 1.50 bits per heavy atom. The van der Waals surface area contributed by atoms with Gasteiger partial charge in [-0.15, -0.1) is 0 Å². The van der Waals surface area contributed by atoms with E-state index in [0.717, 1.165) is 5.92 Å². The van der Waals surface area contributed by atoms with E-state index in [1.807, 2.05) is 0 Å². The number of nitrogens with one attached hydrogen (secondary N) is 1. The Labute approximate surface area is 122 Å². The van der Waals surface area contributed by atoms with Crippen molar-refractivity contribution >= 4 is 0 Å². The van der Waals surface area contributed by atoms with Gasteiger partial charge < -0.3 is 5.32 Å². The molecule has 0 aromatic heterocycles. The highest BCUT2D eigenvalue weighted by Crippen LogP contribution is 2.57. The molecule has 1 saturated carbocycles. The van der Waals surface area contributed by atoms with Crippen LogP contribution in [-0.2, 0) is 0 Å². The Balaban J connectivity index is 1.82. The van der Waals surface area contributed by atoms with Crippen LogP contribution in [0.5, 0.6) is 0 Å². The zero-order valence-corrected chi connectivity index (χ0v) is 12.6. The molecule has 0 spiro atoms. The molecular weight excluding hydrogens is 242 g/mol. The fourth-order valence-corrected chi connectivity index (χ4v) is 3.19. The largest absolute Gasteiger partial charge is 0.313 e. The molecule has 1 fully saturated rings. The molecule has 1 nitrogen and oxygen atoms in total. The van der Waals surface area contributed by atoms with Crippen molar-refractivity contribution in [2.75, 3.05) is 7.05 Å². The molecule has 1 aliphatic carbocycles. The third kappa shape index (κ3) is 2.51. The standard InChI is InChI=1S/C19H23N/c1-19(2)13-17(19)18(20-3)16-11-9-15(10-12-16)14-7-5-4-6-8-14/h4-12,17-18,20H,13H2,1-3H3. The van der Waals surface area contributed by atoms with E-state index in [1.165, 1.54) is 23.1 Å². The quantitative estimate of drug-likeness (QED) is 0.847. The van der Waals surface area contributed by atoms with Crippen LogP contribution in [0, 0.1) is 11.3 Å². The van der Waals surface area contributed by atoms with Crippen LogP contribution in [0.25, 0.3) is 11.1 Å². The summed E-state index contributed by atoms with van der Waals surface area (Å²) in [5.74, 6) is 0.759. The summed E-state index contributed by atoms with van der Waals surface area (Å²) in [4.78, 5) is 0. The topological polar surface area (TPSA) is 12.0 Å². The molecule has 0 heterocycles. The normalized spacial score (nSPS) is 21.4. The summed E-state index contributed by atoms with van der Waals surface area (Å²) in [5, 5.41) is 3.50. The first-order chi connectivity index (χ1) is 9.62. The molecule has 3 rings (SSSR count). The minimum Gasteiger partial charge on any atom is -0.313 e. The van der Waals surface area contributed by atoms with Crippen LogP contribution in [0.4, 0.5) is 0 Å². The maximum absolute atomic E-state index is 3.50. The third-order valence-corrected chi connectivity index (χ3v) is 4.68. The summed E-state index contributed by atoms with van der Waals surface area (Å²) in [5.41, 5.74) is 4.47. The second-order valence-corrected chi connectivity index (χ2v) is 6.55. The van der Waals surface area contributed by atoms with E-state index in [0.29, 0.717) is 11.5 Å². The van der Waals surface area contributed by atoms with E-state index in [1.54, 1.807) is 0 Å². The maximum Gasteiger partial charge on any atom is 0.0351 e. The van der Waals surface area contributed by atoms with E-state index < -0.39 is 0 Å². The van der Waals surface area contributed by atoms with Gasteiger partial charge in [-0.25, -0.2) is 0 Å². The van der Waals surface area contributed by atoms with Crippen LogP contribution in [0.2, 0.25) is 0 Å². The summed E-state index contributed by atoms with van der Waals surface area (Å²) >= 11 is 0. The summed E-state index contributed by atoms with van der Waals surface area (Å²) in [7, 11) is 2.07. The Kier molecular flexibility index (Phi) is 3.39. The van der Waals surface area contributed by atoms with Gasteiger partial charge >= 0.3 is 0 Å². The molecule has 0 saturated heterocycles. The highest BCUT2D eigenvalue weighted by molar-refractivity contribution is 5.63. The average molecular weight is 265 g/mol. The minimum atomic E-state index is 0.481. The van der Waals surface area contributed by atoms with Gasteiger partial charge in [0.05, 0.1) is 0 Å².